The zero-order valence-corrected chi connectivity index (χ0v) is 8.52. The van der Waals surface area contributed by atoms with Crippen molar-refractivity contribution in [3.8, 4) is 0 Å². The van der Waals surface area contributed by atoms with E-state index in [0.29, 0.717) is 5.03 Å². The summed E-state index contributed by atoms with van der Waals surface area (Å²) in [6.45, 7) is 0. The lowest BCUT2D eigenvalue weighted by Crippen LogP contribution is -2.07. The van der Waals surface area contributed by atoms with Crippen LogP contribution in [0.3, 0.4) is 0 Å². The van der Waals surface area contributed by atoms with Gasteiger partial charge in [-0.05, 0) is 18.2 Å². The molecule has 0 spiro atoms. The van der Waals surface area contributed by atoms with E-state index in [4.69, 9.17) is 5.11 Å². The van der Waals surface area contributed by atoms with Crippen LogP contribution in [0.1, 0.15) is 0 Å². The third-order valence-corrected chi connectivity index (χ3v) is 2.66. The Labute approximate surface area is 90.5 Å². The number of aromatic nitrogens is 2. The van der Waals surface area contributed by atoms with E-state index < -0.39 is 6.09 Å². The highest BCUT2D eigenvalue weighted by atomic mass is 32.2. The molecule has 0 atom stereocenters. The molecule has 0 aliphatic rings. The largest absolute Gasteiger partial charge is 0.463 e. The van der Waals surface area contributed by atoms with E-state index in [9.17, 15) is 4.79 Å². The van der Waals surface area contributed by atoms with Crippen LogP contribution in [0.5, 0.6) is 0 Å². The van der Waals surface area contributed by atoms with Crippen molar-refractivity contribution in [2.24, 2.45) is 0 Å². The van der Waals surface area contributed by atoms with Gasteiger partial charge in [-0.3, -0.25) is 0 Å². The highest BCUT2D eigenvalue weighted by molar-refractivity contribution is 7.99. The molecular weight excluding hydrogens is 212 g/mol. The van der Waals surface area contributed by atoms with Gasteiger partial charge in [0, 0.05) is 11.1 Å². The lowest BCUT2D eigenvalue weighted by Gasteiger charge is -1.95. The molecule has 0 aliphatic carbocycles. The van der Waals surface area contributed by atoms with E-state index in [1.807, 2.05) is 30.3 Å². The van der Waals surface area contributed by atoms with Crippen molar-refractivity contribution < 1.29 is 9.90 Å². The van der Waals surface area contributed by atoms with Crippen molar-refractivity contribution in [3.05, 3.63) is 42.6 Å². The first-order chi connectivity index (χ1) is 7.25. The van der Waals surface area contributed by atoms with E-state index in [-0.39, 0.29) is 0 Å². The second-order valence-electron chi connectivity index (χ2n) is 2.80. The van der Waals surface area contributed by atoms with Crippen LogP contribution in [0.2, 0.25) is 0 Å². The Bertz CT molecular complexity index is 467. The van der Waals surface area contributed by atoms with Crippen LogP contribution in [-0.4, -0.2) is 21.0 Å². The number of nitrogens with zero attached hydrogens (tertiary/aromatic N) is 2. The summed E-state index contributed by atoms with van der Waals surface area (Å²) in [5.41, 5.74) is 0. The Morgan fingerprint density at radius 2 is 2.00 bits per heavy atom. The van der Waals surface area contributed by atoms with Gasteiger partial charge in [0.15, 0.2) is 0 Å². The molecular formula is C10H8N2O2S. The minimum Gasteiger partial charge on any atom is -0.463 e. The summed E-state index contributed by atoms with van der Waals surface area (Å²) in [6, 6.07) is 11.4. The molecule has 0 radical (unpaired) electrons. The van der Waals surface area contributed by atoms with Gasteiger partial charge in [0.25, 0.3) is 0 Å². The zero-order valence-electron chi connectivity index (χ0n) is 7.70. The molecule has 4 nitrogen and oxygen atoms in total. The maximum Gasteiger partial charge on any atom is 0.432 e. The van der Waals surface area contributed by atoms with Crippen molar-refractivity contribution in [2.45, 2.75) is 9.92 Å². The number of carbonyl (C=O) groups is 1. The standard InChI is InChI=1S/C10H8N2O2S/c13-10(14)12-7-6-9(11-12)15-8-4-2-1-3-5-8/h1-7H,(H,13,14). The molecule has 0 saturated carbocycles. The number of hydrogen-bond acceptors (Lipinski definition) is 3. The predicted molar refractivity (Wildman–Crippen MR) is 56.2 cm³/mol. The minimum absolute atomic E-state index is 0.670. The minimum atomic E-state index is -1.07. The van der Waals surface area contributed by atoms with Crippen LogP contribution in [0.25, 0.3) is 0 Å². The Morgan fingerprint density at radius 1 is 1.27 bits per heavy atom. The fourth-order valence-corrected chi connectivity index (χ4v) is 1.87. The molecule has 1 heterocycles. The van der Waals surface area contributed by atoms with Crippen LogP contribution < -0.4 is 0 Å². The quantitative estimate of drug-likeness (QED) is 0.845. The van der Waals surface area contributed by atoms with E-state index in [1.54, 1.807) is 6.07 Å². The normalized spacial score (nSPS) is 10.1. The Hall–Kier alpha value is -1.75. The van der Waals surface area contributed by atoms with Crippen LogP contribution in [-0.2, 0) is 0 Å². The third-order valence-electron chi connectivity index (χ3n) is 1.73. The molecule has 2 rings (SSSR count). The van der Waals surface area contributed by atoms with Crippen molar-refractivity contribution in [1.29, 1.82) is 0 Å². The Balaban J connectivity index is 2.15. The summed E-state index contributed by atoms with van der Waals surface area (Å²) in [5.74, 6) is 0. The Morgan fingerprint density at radius 3 is 2.60 bits per heavy atom. The van der Waals surface area contributed by atoms with Gasteiger partial charge in [0.05, 0.1) is 0 Å². The van der Waals surface area contributed by atoms with Gasteiger partial charge in [-0.25, -0.2) is 4.79 Å². The maximum atomic E-state index is 10.6. The summed E-state index contributed by atoms with van der Waals surface area (Å²) in [4.78, 5) is 11.6. The SMILES string of the molecule is O=C(O)n1ccc(Sc2ccccc2)n1. The Kier molecular flexibility index (Phi) is 2.73. The molecule has 1 N–H and O–H groups in total. The molecule has 0 aliphatic heterocycles. The molecule has 5 heteroatoms. The zero-order chi connectivity index (χ0) is 10.7. The number of rotatable bonds is 2. The van der Waals surface area contributed by atoms with Gasteiger partial charge in [-0.1, -0.05) is 30.0 Å². The summed E-state index contributed by atoms with van der Waals surface area (Å²) in [6.07, 6.45) is 0.350. The highest BCUT2D eigenvalue weighted by Gasteiger charge is 2.05. The average Bonchev–Trinajstić information content (AvgIpc) is 2.68. The summed E-state index contributed by atoms with van der Waals surface area (Å²) < 4.78 is 0.894. The first-order valence-corrected chi connectivity index (χ1v) is 5.09. The molecule has 1 aromatic heterocycles. The van der Waals surface area contributed by atoms with Crippen molar-refractivity contribution in [2.75, 3.05) is 0 Å². The number of hydrogen-bond donors (Lipinski definition) is 1. The first-order valence-electron chi connectivity index (χ1n) is 4.27. The van der Waals surface area contributed by atoms with Crippen LogP contribution in [0.4, 0.5) is 4.79 Å². The predicted octanol–water partition coefficient (Wildman–Crippen LogP) is 2.56. The second kappa shape index (κ2) is 4.18. The number of benzene rings is 1. The maximum absolute atomic E-state index is 10.6. The van der Waals surface area contributed by atoms with Gasteiger partial charge in [-0.2, -0.15) is 9.78 Å². The van der Waals surface area contributed by atoms with Crippen LogP contribution in [0, 0.1) is 0 Å². The van der Waals surface area contributed by atoms with Gasteiger partial charge >= 0.3 is 6.09 Å². The molecule has 0 bridgehead atoms. The van der Waals surface area contributed by atoms with Crippen molar-refractivity contribution in [1.82, 2.24) is 9.78 Å². The smallest absolute Gasteiger partial charge is 0.432 e. The number of carboxylic acid groups (broad SMARTS) is 1. The van der Waals surface area contributed by atoms with Crippen LogP contribution in [0.15, 0.2) is 52.5 Å². The van der Waals surface area contributed by atoms with Gasteiger partial charge < -0.3 is 5.11 Å². The molecule has 0 amide bonds. The molecule has 0 saturated heterocycles. The van der Waals surface area contributed by atoms with Crippen LogP contribution >= 0.6 is 11.8 Å². The molecule has 1 aromatic carbocycles. The molecule has 0 unspecified atom stereocenters. The molecule has 2 aromatic rings. The van der Waals surface area contributed by atoms with E-state index >= 15 is 0 Å². The first kappa shape index (κ1) is 9.79. The lowest BCUT2D eigenvalue weighted by molar-refractivity contribution is 0.192. The molecule has 0 fully saturated rings. The second-order valence-corrected chi connectivity index (χ2v) is 3.89. The average molecular weight is 220 g/mol. The van der Waals surface area contributed by atoms with Gasteiger partial charge in [0.1, 0.15) is 5.03 Å². The van der Waals surface area contributed by atoms with E-state index in [0.717, 1.165) is 9.58 Å². The van der Waals surface area contributed by atoms with E-state index in [2.05, 4.69) is 5.10 Å². The topological polar surface area (TPSA) is 55.1 Å². The van der Waals surface area contributed by atoms with E-state index in [1.165, 1.54) is 18.0 Å². The summed E-state index contributed by atoms with van der Waals surface area (Å²) >= 11 is 1.43. The van der Waals surface area contributed by atoms with Gasteiger partial charge in [-0.15, -0.1) is 0 Å². The van der Waals surface area contributed by atoms with Gasteiger partial charge in [0.2, 0.25) is 0 Å². The molecule has 76 valence electrons. The van der Waals surface area contributed by atoms with Crippen molar-refractivity contribution >= 4 is 17.9 Å². The fraction of sp³-hybridized carbons (Fsp3) is 0. The fourth-order valence-electron chi connectivity index (χ4n) is 1.08. The lowest BCUT2D eigenvalue weighted by atomic mass is 10.4. The third kappa shape index (κ3) is 2.38. The monoisotopic (exact) mass is 220 g/mol. The van der Waals surface area contributed by atoms with Crippen molar-refractivity contribution in [3.63, 3.8) is 0 Å². The summed E-state index contributed by atoms with van der Waals surface area (Å²) in [7, 11) is 0. The molecule has 15 heavy (non-hydrogen) atoms. The summed E-state index contributed by atoms with van der Waals surface area (Å²) in [5, 5.41) is 13.2. The highest BCUT2D eigenvalue weighted by Crippen LogP contribution is 2.25.